The van der Waals surface area contributed by atoms with Gasteiger partial charge in [0, 0.05) is 6.54 Å². The minimum Gasteiger partial charge on any atom is -0.481 e. The lowest BCUT2D eigenvalue weighted by Crippen LogP contribution is -2.26. The predicted octanol–water partition coefficient (Wildman–Crippen LogP) is 2.15. The van der Waals surface area contributed by atoms with E-state index in [9.17, 15) is 9.59 Å². The maximum atomic E-state index is 11.7. The number of amides is 1. The van der Waals surface area contributed by atoms with Crippen molar-refractivity contribution in [3.63, 3.8) is 0 Å². The molecule has 0 aromatic heterocycles. The molecule has 0 fully saturated rings. The average Bonchev–Trinajstić information content (AvgIpc) is 2.34. The minimum atomic E-state index is -0.786. The number of aryl methyl sites for hydroxylation is 1. The van der Waals surface area contributed by atoms with Crippen LogP contribution in [-0.4, -0.2) is 23.5 Å². The summed E-state index contributed by atoms with van der Waals surface area (Å²) in [4.78, 5) is 22.3. The van der Waals surface area contributed by atoms with Gasteiger partial charge in [-0.05, 0) is 25.3 Å². The molecule has 1 rings (SSSR count). The second kappa shape index (κ2) is 7.56. The summed E-state index contributed by atoms with van der Waals surface area (Å²) >= 11 is 0. The molecule has 0 bridgehead atoms. The Bertz CT molecular complexity index is 443. The van der Waals surface area contributed by atoms with Gasteiger partial charge in [-0.25, -0.2) is 0 Å². The molecule has 0 saturated carbocycles. The van der Waals surface area contributed by atoms with Gasteiger partial charge in [0.05, 0.1) is 12.3 Å². The van der Waals surface area contributed by atoms with Crippen molar-refractivity contribution in [2.24, 2.45) is 5.92 Å². The first-order valence-electron chi connectivity index (χ1n) is 6.54. The normalized spacial score (nSPS) is 11.9. The number of hydrogen-bond donors (Lipinski definition) is 2. The van der Waals surface area contributed by atoms with Crippen molar-refractivity contribution in [1.29, 1.82) is 0 Å². The number of hydrogen-bond acceptors (Lipinski definition) is 2. The van der Waals surface area contributed by atoms with Gasteiger partial charge in [-0.2, -0.15) is 0 Å². The molecule has 0 aliphatic heterocycles. The Balaban J connectivity index is 2.23. The van der Waals surface area contributed by atoms with E-state index in [4.69, 9.17) is 5.11 Å². The lowest BCUT2D eigenvalue weighted by molar-refractivity contribution is -0.141. The topological polar surface area (TPSA) is 66.4 Å². The quantitative estimate of drug-likeness (QED) is 0.741. The average molecular weight is 263 g/mol. The van der Waals surface area contributed by atoms with E-state index in [1.54, 1.807) is 6.92 Å². The highest BCUT2D eigenvalue weighted by Gasteiger charge is 2.10. The number of carbonyl (C=O) groups excluding carboxylic acids is 1. The van der Waals surface area contributed by atoms with Gasteiger partial charge in [0.1, 0.15) is 0 Å². The molecule has 1 aromatic rings. The lowest BCUT2D eigenvalue weighted by Gasteiger charge is -2.08. The van der Waals surface area contributed by atoms with Crippen LogP contribution in [0, 0.1) is 12.8 Å². The third-order valence-electron chi connectivity index (χ3n) is 3.00. The van der Waals surface area contributed by atoms with Gasteiger partial charge in [0.15, 0.2) is 0 Å². The summed E-state index contributed by atoms with van der Waals surface area (Å²) in [7, 11) is 0. The monoisotopic (exact) mass is 263 g/mol. The smallest absolute Gasteiger partial charge is 0.306 e. The third kappa shape index (κ3) is 6.04. The standard InChI is InChI=1S/C15H21NO3/c1-11-5-3-7-13(9-11)10-14(17)16-8-4-6-12(2)15(18)19/h3,5,7,9,12H,4,6,8,10H2,1-2H3,(H,16,17)(H,18,19). The van der Waals surface area contributed by atoms with E-state index in [0.29, 0.717) is 25.8 Å². The largest absolute Gasteiger partial charge is 0.481 e. The summed E-state index contributed by atoms with van der Waals surface area (Å²) in [6.07, 6.45) is 1.64. The fourth-order valence-electron chi connectivity index (χ4n) is 1.83. The van der Waals surface area contributed by atoms with Crippen LogP contribution in [-0.2, 0) is 16.0 Å². The third-order valence-corrected chi connectivity index (χ3v) is 3.00. The molecule has 0 aliphatic rings. The first-order valence-corrected chi connectivity index (χ1v) is 6.54. The van der Waals surface area contributed by atoms with Crippen molar-refractivity contribution in [2.45, 2.75) is 33.1 Å². The SMILES string of the molecule is Cc1cccc(CC(=O)NCCCC(C)C(=O)O)c1. The van der Waals surface area contributed by atoms with Gasteiger partial charge in [-0.3, -0.25) is 9.59 Å². The molecule has 1 atom stereocenters. The molecule has 19 heavy (non-hydrogen) atoms. The maximum Gasteiger partial charge on any atom is 0.306 e. The zero-order valence-electron chi connectivity index (χ0n) is 11.5. The minimum absolute atomic E-state index is 0.0198. The molecule has 4 nitrogen and oxygen atoms in total. The zero-order chi connectivity index (χ0) is 14.3. The van der Waals surface area contributed by atoms with Crippen molar-refractivity contribution < 1.29 is 14.7 Å². The van der Waals surface area contributed by atoms with E-state index in [1.807, 2.05) is 31.2 Å². The fourth-order valence-corrected chi connectivity index (χ4v) is 1.83. The molecule has 0 radical (unpaired) electrons. The van der Waals surface area contributed by atoms with E-state index in [0.717, 1.165) is 11.1 Å². The first-order chi connectivity index (χ1) is 8.99. The Hall–Kier alpha value is -1.84. The highest BCUT2D eigenvalue weighted by Crippen LogP contribution is 2.06. The number of carboxylic acid groups (broad SMARTS) is 1. The number of carboxylic acids is 1. The van der Waals surface area contributed by atoms with Crippen LogP contribution in [0.25, 0.3) is 0 Å². The Morgan fingerprint density at radius 3 is 2.74 bits per heavy atom. The van der Waals surface area contributed by atoms with Crippen molar-refractivity contribution >= 4 is 11.9 Å². The highest BCUT2D eigenvalue weighted by molar-refractivity contribution is 5.78. The Labute approximate surface area is 113 Å². The van der Waals surface area contributed by atoms with Crippen LogP contribution in [0.4, 0.5) is 0 Å². The lowest BCUT2D eigenvalue weighted by atomic mass is 10.1. The van der Waals surface area contributed by atoms with E-state index in [2.05, 4.69) is 5.32 Å². The summed E-state index contributed by atoms with van der Waals surface area (Å²) in [6.45, 7) is 4.20. The van der Waals surface area contributed by atoms with Gasteiger partial charge in [-0.1, -0.05) is 36.8 Å². The molecule has 4 heteroatoms. The van der Waals surface area contributed by atoms with E-state index < -0.39 is 5.97 Å². The van der Waals surface area contributed by atoms with E-state index in [1.165, 1.54) is 0 Å². The van der Waals surface area contributed by atoms with Crippen LogP contribution in [0.2, 0.25) is 0 Å². The highest BCUT2D eigenvalue weighted by atomic mass is 16.4. The van der Waals surface area contributed by atoms with Gasteiger partial charge in [0.25, 0.3) is 0 Å². The number of rotatable bonds is 7. The first kappa shape index (κ1) is 15.2. The van der Waals surface area contributed by atoms with Crippen LogP contribution in [0.5, 0.6) is 0 Å². The van der Waals surface area contributed by atoms with E-state index in [-0.39, 0.29) is 11.8 Å². The van der Waals surface area contributed by atoms with Crippen LogP contribution < -0.4 is 5.32 Å². The van der Waals surface area contributed by atoms with Gasteiger partial charge >= 0.3 is 5.97 Å². The zero-order valence-corrected chi connectivity index (χ0v) is 11.5. The van der Waals surface area contributed by atoms with Crippen LogP contribution in [0.1, 0.15) is 30.9 Å². The number of carbonyl (C=O) groups is 2. The molecule has 104 valence electrons. The van der Waals surface area contributed by atoms with Crippen LogP contribution >= 0.6 is 0 Å². The summed E-state index contributed by atoms with van der Waals surface area (Å²) in [5, 5.41) is 11.5. The number of nitrogens with one attached hydrogen (secondary N) is 1. The second-order valence-corrected chi connectivity index (χ2v) is 4.90. The molecule has 2 N–H and O–H groups in total. The Kier molecular flexibility index (Phi) is 6.06. The molecule has 0 saturated heterocycles. The van der Waals surface area contributed by atoms with Gasteiger partial charge in [0.2, 0.25) is 5.91 Å². The predicted molar refractivity (Wildman–Crippen MR) is 73.9 cm³/mol. The molecule has 1 amide bonds. The maximum absolute atomic E-state index is 11.7. The molecule has 1 unspecified atom stereocenters. The molecule has 1 aromatic carbocycles. The molecule has 0 heterocycles. The summed E-state index contributed by atoms with van der Waals surface area (Å²) in [5.41, 5.74) is 2.14. The van der Waals surface area contributed by atoms with Crippen molar-refractivity contribution in [3.8, 4) is 0 Å². The van der Waals surface area contributed by atoms with Crippen LogP contribution in [0.15, 0.2) is 24.3 Å². The summed E-state index contributed by atoms with van der Waals surface area (Å²) in [5.74, 6) is -1.16. The summed E-state index contributed by atoms with van der Waals surface area (Å²) < 4.78 is 0. The Morgan fingerprint density at radius 1 is 1.37 bits per heavy atom. The van der Waals surface area contributed by atoms with Gasteiger partial charge < -0.3 is 10.4 Å². The summed E-state index contributed by atoms with van der Waals surface area (Å²) in [6, 6.07) is 7.85. The Morgan fingerprint density at radius 2 is 2.11 bits per heavy atom. The molecular formula is C15H21NO3. The fraction of sp³-hybridized carbons (Fsp3) is 0.467. The van der Waals surface area contributed by atoms with Crippen molar-refractivity contribution in [2.75, 3.05) is 6.54 Å². The van der Waals surface area contributed by atoms with Gasteiger partial charge in [-0.15, -0.1) is 0 Å². The van der Waals surface area contributed by atoms with E-state index >= 15 is 0 Å². The molecular weight excluding hydrogens is 242 g/mol. The second-order valence-electron chi connectivity index (χ2n) is 4.90. The number of aliphatic carboxylic acids is 1. The number of benzene rings is 1. The van der Waals surface area contributed by atoms with Crippen LogP contribution in [0.3, 0.4) is 0 Å². The van der Waals surface area contributed by atoms with Crippen molar-refractivity contribution in [1.82, 2.24) is 5.32 Å². The molecule has 0 aliphatic carbocycles. The molecule has 0 spiro atoms. The van der Waals surface area contributed by atoms with Crippen molar-refractivity contribution in [3.05, 3.63) is 35.4 Å².